The van der Waals surface area contributed by atoms with Crippen LogP contribution in [-0.2, 0) is 0 Å². The lowest BCUT2D eigenvalue weighted by Crippen LogP contribution is -2.21. The van der Waals surface area contributed by atoms with Crippen molar-refractivity contribution in [2.24, 2.45) is 5.73 Å². The van der Waals surface area contributed by atoms with Crippen LogP contribution in [0.4, 0.5) is 4.39 Å². The average molecular weight is 293 g/mol. The van der Waals surface area contributed by atoms with Gasteiger partial charge < -0.3 is 5.73 Å². The molecule has 1 aliphatic rings. The van der Waals surface area contributed by atoms with Crippen molar-refractivity contribution < 1.29 is 4.39 Å². The average Bonchev–Trinajstić information content (AvgIpc) is 3.19. The van der Waals surface area contributed by atoms with Gasteiger partial charge in [-0.3, -0.25) is 0 Å². The Morgan fingerprint density at radius 3 is 2.70 bits per heavy atom. The van der Waals surface area contributed by atoms with Crippen molar-refractivity contribution in [1.29, 1.82) is 0 Å². The number of halogens is 1. The summed E-state index contributed by atoms with van der Waals surface area (Å²) < 4.78 is 14.8. The summed E-state index contributed by atoms with van der Waals surface area (Å²) in [6.07, 6.45) is 2.27. The molecule has 7 heteroatoms. The van der Waals surface area contributed by atoms with E-state index in [1.807, 2.05) is 11.6 Å². The van der Waals surface area contributed by atoms with E-state index in [2.05, 4.69) is 15.5 Å². The van der Waals surface area contributed by atoms with E-state index < -0.39 is 0 Å². The molecule has 2 atom stereocenters. The SMILES string of the molecule is CC(Sc1nnnn1C1CC1)C(N)c1ccc(F)cc1. The first-order chi connectivity index (χ1) is 9.65. The van der Waals surface area contributed by atoms with E-state index in [4.69, 9.17) is 5.73 Å². The Morgan fingerprint density at radius 2 is 2.05 bits per heavy atom. The van der Waals surface area contributed by atoms with Crippen molar-refractivity contribution in [3.05, 3.63) is 35.6 Å². The van der Waals surface area contributed by atoms with Crippen LogP contribution in [0.15, 0.2) is 29.4 Å². The highest BCUT2D eigenvalue weighted by Gasteiger charge is 2.29. The second kappa shape index (κ2) is 5.49. The number of nitrogens with zero attached hydrogens (tertiary/aromatic N) is 4. The minimum atomic E-state index is -0.251. The molecule has 0 bridgehead atoms. The second-order valence-electron chi connectivity index (χ2n) is 5.04. The Hall–Kier alpha value is -1.47. The maximum atomic E-state index is 12.9. The third-order valence-electron chi connectivity index (χ3n) is 3.41. The van der Waals surface area contributed by atoms with Gasteiger partial charge in [0.15, 0.2) is 0 Å². The molecule has 20 heavy (non-hydrogen) atoms. The normalized spacial score (nSPS) is 17.9. The van der Waals surface area contributed by atoms with Crippen LogP contribution in [0.25, 0.3) is 0 Å². The van der Waals surface area contributed by atoms with Crippen molar-refractivity contribution in [2.75, 3.05) is 0 Å². The summed E-state index contributed by atoms with van der Waals surface area (Å²) in [5.74, 6) is -0.251. The van der Waals surface area contributed by atoms with Crippen LogP contribution in [-0.4, -0.2) is 25.5 Å². The predicted octanol–water partition coefficient (Wildman–Crippen LogP) is 2.33. The molecule has 5 nitrogen and oxygen atoms in total. The van der Waals surface area contributed by atoms with E-state index in [1.165, 1.54) is 12.1 Å². The van der Waals surface area contributed by atoms with Crippen LogP contribution in [0.5, 0.6) is 0 Å². The van der Waals surface area contributed by atoms with Crippen LogP contribution in [0.3, 0.4) is 0 Å². The van der Waals surface area contributed by atoms with Crippen LogP contribution in [0.1, 0.15) is 37.4 Å². The Balaban J connectivity index is 1.70. The maximum Gasteiger partial charge on any atom is 0.209 e. The first-order valence-corrected chi connectivity index (χ1v) is 7.48. The topological polar surface area (TPSA) is 69.6 Å². The molecule has 106 valence electrons. The van der Waals surface area contributed by atoms with Crippen LogP contribution < -0.4 is 5.73 Å². The highest BCUT2D eigenvalue weighted by atomic mass is 32.2. The Labute approximate surface area is 120 Å². The minimum absolute atomic E-state index is 0.101. The summed E-state index contributed by atoms with van der Waals surface area (Å²) in [7, 11) is 0. The molecule has 1 heterocycles. The first-order valence-electron chi connectivity index (χ1n) is 6.60. The van der Waals surface area contributed by atoms with Crippen molar-refractivity contribution in [2.45, 2.75) is 42.3 Å². The Bertz CT molecular complexity index is 581. The molecule has 2 unspecified atom stereocenters. The zero-order chi connectivity index (χ0) is 14.1. The maximum absolute atomic E-state index is 12.9. The summed E-state index contributed by atoms with van der Waals surface area (Å²) in [5.41, 5.74) is 7.14. The van der Waals surface area contributed by atoms with Gasteiger partial charge in [-0.25, -0.2) is 9.07 Å². The molecule has 0 spiro atoms. The highest BCUT2D eigenvalue weighted by molar-refractivity contribution is 7.99. The fourth-order valence-electron chi connectivity index (χ4n) is 2.01. The highest BCUT2D eigenvalue weighted by Crippen LogP contribution is 2.38. The van der Waals surface area contributed by atoms with Gasteiger partial charge in [0.1, 0.15) is 5.82 Å². The summed E-state index contributed by atoms with van der Waals surface area (Å²) in [6, 6.07) is 6.57. The Kier molecular flexibility index (Phi) is 3.71. The molecule has 1 aromatic heterocycles. The van der Waals surface area contributed by atoms with E-state index >= 15 is 0 Å². The lowest BCUT2D eigenvalue weighted by Gasteiger charge is -2.19. The summed E-state index contributed by atoms with van der Waals surface area (Å²) in [5, 5.41) is 12.7. The van der Waals surface area contributed by atoms with Gasteiger partial charge in [0, 0.05) is 11.3 Å². The van der Waals surface area contributed by atoms with Crippen LogP contribution in [0, 0.1) is 5.82 Å². The molecule has 1 aromatic carbocycles. The zero-order valence-electron chi connectivity index (χ0n) is 11.1. The van der Waals surface area contributed by atoms with Gasteiger partial charge in [-0.05, 0) is 41.0 Å². The molecule has 1 saturated carbocycles. The molecule has 0 saturated heterocycles. The number of aromatic nitrogens is 4. The summed E-state index contributed by atoms with van der Waals surface area (Å²) in [6.45, 7) is 2.03. The van der Waals surface area contributed by atoms with E-state index in [-0.39, 0.29) is 17.1 Å². The summed E-state index contributed by atoms with van der Waals surface area (Å²) in [4.78, 5) is 0. The molecule has 1 fully saturated rings. The molecular formula is C13H16FN5S. The standard InChI is InChI=1S/C13H16FN5S/c1-8(12(15)9-2-4-10(14)5-3-9)20-13-16-17-18-19(13)11-6-7-11/h2-5,8,11-12H,6-7,15H2,1H3. The zero-order valence-corrected chi connectivity index (χ0v) is 11.9. The van der Waals surface area contributed by atoms with Crippen molar-refractivity contribution >= 4 is 11.8 Å². The molecule has 1 aliphatic carbocycles. The predicted molar refractivity (Wildman–Crippen MR) is 74.7 cm³/mol. The van der Waals surface area contributed by atoms with Gasteiger partial charge in [0.2, 0.25) is 5.16 Å². The van der Waals surface area contributed by atoms with Gasteiger partial charge in [-0.2, -0.15) is 0 Å². The van der Waals surface area contributed by atoms with Crippen molar-refractivity contribution in [1.82, 2.24) is 20.2 Å². The molecular weight excluding hydrogens is 277 g/mol. The number of nitrogens with two attached hydrogens (primary N) is 1. The molecule has 2 aromatic rings. The molecule has 2 N–H and O–H groups in total. The molecule has 0 aliphatic heterocycles. The van der Waals surface area contributed by atoms with Crippen LogP contribution >= 0.6 is 11.8 Å². The lowest BCUT2D eigenvalue weighted by molar-refractivity contribution is 0.563. The first kappa shape index (κ1) is 13.5. The fourth-order valence-corrected chi connectivity index (χ4v) is 3.02. The van der Waals surface area contributed by atoms with Crippen molar-refractivity contribution in [3.63, 3.8) is 0 Å². The van der Waals surface area contributed by atoms with Gasteiger partial charge in [-0.15, -0.1) is 5.10 Å². The molecule has 0 amide bonds. The lowest BCUT2D eigenvalue weighted by atomic mass is 10.1. The third-order valence-corrected chi connectivity index (χ3v) is 4.55. The quantitative estimate of drug-likeness (QED) is 0.857. The number of hydrogen-bond donors (Lipinski definition) is 1. The number of rotatable bonds is 5. The smallest absolute Gasteiger partial charge is 0.209 e. The number of tetrazole rings is 1. The van der Waals surface area contributed by atoms with Crippen molar-refractivity contribution in [3.8, 4) is 0 Å². The fraction of sp³-hybridized carbons (Fsp3) is 0.462. The molecule has 3 rings (SSSR count). The second-order valence-corrected chi connectivity index (χ2v) is 6.38. The van der Waals surface area contributed by atoms with E-state index in [1.54, 1.807) is 23.9 Å². The number of thioether (sulfide) groups is 1. The number of hydrogen-bond acceptors (Lipinski definition) is 5. The van der Waals surface area contributed by atoms with E-state index in [0.717, 1.165) is 23.6 Å². The molecule has 0 radical (unpaired) electrons. The number of benzene rings is 1. The monoisotopic (exact) mass is 293 g/mol. The van der Waals surface area contributed by atoms with Gasteiger partial charge in [0.05, 0.1) is 6.04 Å². The minimum Gasteiger partial charge on any atom is -0.323 e. The largest absolute Gasteiger partial charge is 0.323 e. The van der Waals surface area contributed by atoms with E-state index in [9.17, 15) is 4.39 Å². The van der Waals surface area contributed by atoms with Crippen LogP contribution in [0.2, 0.25) is 0 Å². The van der Waals surface area contributed by atoms with Gasteiger partial charge >= 0.3 is 0 Å². The Morgan fingerprint density at radius 1 is 1.35 bits per heavy atom. The van der Waals surface area contributed by atoms with Gasteiger partial charge in [0.25, 0.3) is 0 Å². The third kappa shape index (κ3) is 2.83. The summed E-state index contributed by atoms with van der Waals surface area (Å²) >= 11 is 1.56. The van der Waals surface area contributed by atoms with Gasteiger partial charge in [-0.1, -0.05) is 30.8 Å². The van der Waals surface area contributed by atoms with E-state index in [0.29, 0.717) is 6.04 Å².